The average Bonchev–Trinajstić information content (AvgIpc) is 2.81. The SMILES string of the molecule is CNC(c1cc(F)c(Br)cc1F)C1C2CCCC21. The predicted molar refractivity (Wildman–Crippen MR) is 70.2 cm³/mol. The van der Waals surface area contributed by atoms with Crippen LogP contribution in [0.2, 0.25) is 0 Å². The monoisotopic (exact) mass is 315 g/mol. The highest BCUT2D eigenvalue weighted by molar-refractivity contribution is 9.10. The number of benzene rings is 1. The summed E-state index contributed by atoms with van der Waals surface area (Å²) in [7, 11) is 1.83. The van der Waals surface area contributed by atoms with Crippen molar-refractivity contribution in [3.63, 3.8) is 0 Å². The first kappa shape index (κ1) is 12.5. The molecule has 2 saturated carbocycles. The molecule has 1 nitrogen and oxygen atoms in total. The molecule has 2 aliphatic carbocycles. The van der Waals surface area contributed by atoms with Crippen LogP contribution in [0, 0.1) is 29.4 Å². The fraction of sp³-hybridized carbons (Fsp3) is 0.571. The summed E-state index contributed by atoms with van der Waals surface area (Å²) in [6, 6.07) is 2.50. The van der Waals surface area contributed by atoms with Gasteiger partial charge in [-0.25, -0.2) is 8.78 Å². The predicted octanol–water partition coefficient (Wildman–Crippen LogP) is 4.03. The zero-order valence-corrected chi connectivity index (χ0v) is 11.8. The molecule has 0 amide bonds. The maximum atomic E-state index is 14.0. The number of nitrogens with one attached hydrogen (secondary N) is 1. The molecule has 98 valence electrons. The van der Waals surface area contributed by atoms with Crippen LogP contribution >= 0.6 is 15.9 Å². The minimum absolute atomic E-state index is 0.0529. The molecule has 3 atom stereocenters. The lowest BCUT2D eigenvalue weighted by Crippen LogP contribution is -2.22. The van der Waals surface area contributed by atoms with Crippen LogP contribution in [0.1, 0.15) is 30.9 Å². The Bertz CT molecular complexity index is 467. The third-order valence-electron chi connectivity index (χ3n) is 4.54. The van der Waals surface area contributed by atoms with Gasteiger partial charge in [0, 0.05) is 11.6 Å². The molecule has 18 heavy (non-hydrogen) atoms. The molecular formula is C14H16BrF2N. The Morgan fingerprint density at radius 1 is 1.22 bits per heavy atom. The molecule has 1 aromatic carbocycles. The summed E-state index contributed by atoms with van der Waals surface area (Å²) in [5.41, 5.74) is 0.470. The Labute approximate surface area is 114 Å². The second kappa shape index (κ2) is 4.57. The Kier molecular flexibility index (Phi) is 3.18. The van der Waals surface area contributed by atoms with E-state index in [9.17, 15) is 8.78 Å². The smallest absolute Gasteiger partial charge is 0.137 e. The topological polar surface area (TPSA) is 12.0 Å². The molecule has 0 aliphatic heterocycles. The Balaban J connectivity index is 1.90. The van der Waals surface area contributed by atoms with Gasteiger partial charge in [0.05, 0.1) is 4.47 Å². The molecule has 2 fully saturated rings. The van der Waals surface area contributed by atoms with E-state index in [-0.39, 0.29) is 16.3 Å². The Hall–Kier alpha value is -0.480. The molecule has 0 spiro atoms. The highest BCUT2D eigenvalue weighted by atomic mass is 79.9. The number of hydrogen-bond acceptors (Lipinski definition) is 1. The van der Waals surface area contributed by atoms with Crippen LogP contribution < -0.4 is 5.32 Å². The fourth-order valence-electron chi connectivity index (χ4n) is 3.70. The van der Waals surface area contributed by atoms with E-state index in [1.165, 1.54) is 31.4 Å². The minimum Gasteiger partial charge on any atom is -0.313 e. The lowest BCUT2D eigenvalue weighted by Gasteiger charge is -2.19. The summed E-state index contributed by atoms with van der Waals surface area (Å²) in [4.78, 5) is 0. The first-order chi connectivity index (χ1) is 8.63. The zero-order valence-electron chi connectivity index (χ0n) is 10.2. The van der Waals surface area contributed by atoms with E-state index in [4.69, 9.17) is 0 Å². The molecule has 4 heteroatoms. The van der Waals surface area contributed by atoms with E-state index in [0.717, 1.165) is 0 Å². The molecule has 0 saturated heterocycles. The van der Waals surface area contributed by atoms with Crippen LogP contribution in [-0.4, -0.2) is 7.05 Å². The summed E-state index contributed by atoms with van der Waals surface area (Å²) in [5.74, 6) is 1.20. The van der Waals surface area contributed by atoms with E-state index < -0.39 is 5.82 Å². The fourth-order valence-corrected chi connectivity index (χ4v) is 4.02. The van der Waals surface area contributed by atoms with Crippen LogP contribution in [0.5, 0.6) is 0 Å². The van der Waals surface area contributed by atoms with Crippen LogP contribution in [0.15, 0.2) is 16.6 Å². The van der Waals surface area contributed by atoms with Gasteiger partial charge in [0.25, 0.3) is 0 Å². The number of hydrogen-bond donors (Lipinski definition) is 1. The molecule has 0 bridgehead atoms. The van der Waals surface area contributed by atoms with Crippen molar-refractivity contribution in [1.29, 1.82) is 0 Å². The molecule has 3 rings (SSSR count). The summed E-state index contributed by atoms with van der Waals surface area (Å²) < 4.78 is 27.8. The normalized spacial score (nSPS) is 31.2. The second-order valence-electron chi connectivity index (χ2n) is 5.39. The number of rotatable bonds is 3. The van der Waals surface area contributed by atoms with Crippen molar-refractivity contribution in [2.75, 3.05) is 7.05 Å². The first-order valence-electron chi connectivity index (χ1n) is 6.45. The van der Waals surface area contributed by atoms with Gasteiger partial charge in [-0.1, -0.05) is 6.42 Å². The van der Waals surface area contributed by atoms with Gasteiger partial charge < -0.3 is 5.32 Å². The van der Waals surface area contributed by atoms with Crippen molar-refractivity contribution in [2.45, 2.75) is 25.3 Å². The van der Waals surface area contributed by atoms with Gasteiger partial charge in [-0.2, -0.15) is 0 Å². The summed E-state index contributed by atoms with van der Waals surface area (Å²) in [5, 5.41) is 3.17. The molecule has 1 N–H and O–H groups in total. The van der Waals surface area contributed by atoms with E-state index in [2.05, 4.69) is 21.2 Å². The van der Waals surface area contributed by atoms with Crippen LogP contribution in [0.25, 0.3) is 0 Å². The Morgan fingerprint density at radius 3 is 2.50 bits per heavy atom. The average molecular weight is 316 g/mol. The van der Waals surface area contributed by atoms with Gasteiger partial charge >= 0.3 is 0 Å². The van der Waals surface area contributed by atoms with Crippen molar-refractivity contribution in [3.05, 3.63) is 33.8 Å². The molecule has 0 aromatic heterocycles. The lowest BCUT2D eigenvalue weighted by molar-refractivity contribution is 0.425. The standard InChI is InChI=1S/C14H16BrF2N/c1-18-14(13-7-3-2-4-8(7)13)9-5-12(17)10(15)6-11(9)16/h5-8,13-14,18H,2-4H2,1H3. The molecule has 0 heterocycles. The van der Waals surface area contributed by atoms with E-state index in [1.54, 1.807) is 0 Å². The quantitative estimate of drug-likeness (QED) is 0.830. The molecule has 0 radical (unpaired) electrons. The third-order valence-corrected chi connectivity index (χ3v) is 5.15. The van der Waals surface area contributed by atoms with Gasteiger partial charge in [0.15, 0.2) is 0 Å². The van der Waals surface area contributed by atoms with Gasteiger partial charge in [-0.3, -0.25) is 0 Å². The van der Waals surface area contributed by atoms with Gasteiger partial charge in [-0.15, -0.1) is 0 Å². The zero-order chi connectivity index (χ0) is 12.9. The van der Waals surface area contributed by atoms with Crippen LogP contribution in [-0.2, 0) is 0 Å². The Morgan fingerprint density at radius 2 is 1.89 bits per heavy atom. The molecule has 2 aliphatic rings. The van der Waals surface area contributed by atoms with Crippen molar-refractivity contribution >= 4 is 15.9 Å². The summed E-state index contributed by atoms with van der Waals surface area (Å²) in [6.45, 7) is 0. The maximum absolute atomic E-state index is 14.0. The van der Waals surface area contributed by atoms with E-state index in [0.29, 0.717) is 23.3 Å². The highest BCUT2D eigenvalue weighted by Crippen LogP contribution is 2.62. The highest BCUT2D eigenvalue weighted by Gasteiger charge is 2.56. The van der Waals surface area contributed by atoms with Crippen LogP contribution in [0.4, 0.5) is 8.78 Å². The van der Waals surface area contributed by atoms with E-state index in [1.807, 2.05) is 7.05 Å². The third kappa shape index (κ3) is 1.90. The van der Waals surface area contributed by atoms with Crippen molar-refractivity contribution in [3.8, 4) is 0 Å². The largest absolute Gasteiger partial charge is 0.313 e. The molecular weight excluding hydrogens is 300 g/mol. The van der Waals surface area contributed by atoms with E-state index >= 15 is 0 Å². The lowest BCUT2D eigenvalue weighted by atomic mass is 9.96. The summed E-state index contributed by atoms with van der Waals surface area (Å²) >= 11 is 3.02. The van der Waals surface area contributed by atoms with Gasteiger partial charge in [0.1, 0.15) is 11.6 Å². The molecule has 1 aromatic rings. The van der Waals surface area contributed by atoms with Crippen molar-refractivity contribution in [1.82, 2.24) is 5.32 Å². The maximum Gasteiger partial charge on any atom is 0.137 e. The van der Waals surface area contributed by atoms with Crippen LogP contribution in [0.3, 0.4) is 0 Å². The minimum atomic E-state index is -0.391. The van der Waals surface area contributed by atoms with Gasteiger partial charge in [-0.05, 0) is 65.7 Å². The van der Waals surface area contributed by atoms with Crippen molar-refractivity contribution < 1.29 is 8.78 Å². The second-order valence-corrected chi connectivity index (χ2v) is 6.24. The molecule has 3 unspecified atom stereocenters. The summed E-state index contributed by atoms with van der Waals surface area (Å²) in [6.07, 6.45) is 3.78. The number of halogens is 3. The number of fused-ring (bicyclic) bond motifs is 1. The van der Waals surface area contributed by atoms with Crippen molar-refractivity contribution in [2.24, 2.45) is 17.8 Å². The first-order valence-corrected chi connectivity index (χ1v) is 7.24. The van der Waals surface area contributed by atoms with Gasteiger partial charge in [0.2, 0.25) is 0 Å².